The van der Waals surface area contributed by atoms with Crippen molar-refractivity contribution in [3.63, 3.8) is 0 Å². The molecule has 0 saturated carbocycles. The Hall–Kier alpha value is -2.42. The number of hydrogen-bond donors (Lipinski definition) is 1. The Balaban J connectivity index is 1.73. The van der Waals surface area contributed by atoms with Crippen LogP contribution in [0.2, 0.25) is 0 Å². The zero-order chi connectivity index (χ0) is 21.7. The molecule has 0 atom stereocenters. The highest BCUT2D eigenvalue weighted by Crippen LogP contribution is 2.22. The molecule has 1 N–H and O–H groups in total. The molecule has 1 fully saturated rings. The summed E-state index contributed by atoms with van der Waals surface area (Å²) in [5, 5.41) is 2.85. The molecule has 2 aromatic carbocycles. The fourth-order valence-corrected chi connectivity index (χ4v) is 4.89. The lowest BCUT2D eigenvalue weighted by Crippen LogP contribution is -2.41. The molecule has 2 aromatic rings. The molecule has 0 spiro atoms. The molecule has 8 heteroatoms. The average Bonchev–Trinajstić information content (AvgIpc) is 2.72. The van der Waals surface area contributed by atoms with Crippen molar-refractivity contribution in [3.05, 3.63) is 59.2 Å². The zero-order valence-electron chi connectivity index (χ0n) is 17.6. The van der Waals surface area contributed by atoms with Gasteiger partial charge < -0.3 is 14.8 Å². The van der Waals surface area contributed by atoms with E-state index in [4.69, 9.17) is 9.47 Å². The Morgan fingerprint density at radius 2 is 1.90 bits per heavy atom. The van der Waals surface area contributed by atoms with Gasteiger partial charge in [-0.2, -0.15) is 4.31 Å². The van der Waals surface area contributed by atoms with E-state index in [1.807, 2.05) is 38.1 Å². The predicted molar refractivity (Wildman–Crippen MR) is 114 cm³/mol. The van der Waals surface area contributed by atoms with E-state index in [9.17, 15) is 13.2 Å². The van der Waals surface area contributed by atoms with Gasteiger partial charge >= 0.3 is 0 Å². The van der Waals surface area contributed by atoms with Crippen LogP contribution in [0, 0.1) is 6.92 Å². The third kappa shape index (κ3) is 5.38. The fraction of sp³-hybridized carbons (Fsp3) is 0.409. The van der Waals surface area contributed by atoms with Crippen molar-refractivity contribution in [2.75, 3.05) is 26.3 Å². The molecule has 0 radical (unpaired) electrons. The minimum atomic E-state index is -3.68. The van der Waals surface area contributed by atoms with Crippen molar-refractivity contribution in [1.82, 2.24) is 9.62 Å². The fourth-order valence-electron chi connectivity index (χ4n) is 3.23. The first-order chi connectivity index (χ1) is 14.3. The SMILES string of the molecule is Cc1ccc(C(=O)NCc2cccc(OC(C)C)c2)cc1S(=O)(=O)N1CCOCC1. The first-order valence-electron chi connectivity index (χ1n) is 9.99. The van der Waals surface area contributed by atoms with Crippen molar-refractivity contribution in [1.29, 1.82) is 0 Å². The first kappa shape index (κ1) is 22.3. The molecule has 0 bridgehead atoms. The molecule has 0 unspecified atom stereocenters. The van der Waals surface area contributed by atoms with Crippen molar-refractivity contribution in [2.45, 2.75) is 38.3 Å². The largest absolute Gasteiger partial charge is 0.491 e. The van der Waals surface area contributed by atoms with Gasteiger partial charge in [-0.1, -0.05) is 18.2 Å². The zero-order valence-corrected chi connectivity index (χ0v) is 18.4. The molecule has 3 rings (SSSR count). The number of benzene rings is 2. The van der Waals surface area contributed by atoms with Crippen molar-refractivity contribution < 1.29 is 22.7 Å². The number of carbonyl (C=O) groups excluding carboxylic acids is 1. The van der Waals surface area contributed by atoms with Gasteiger partial charge in [0.05, 0.1) is 24.2 Å². The second kappa shape index (κ2) is 9.59. The lowest BCUT2D eigenvalue weighted by molar-refractivity contribution is 0.0730. The van der Waals surface area contributed by atoms with Crippen LogP contribution in [-0.4, -0.2) is 51.0 Å². The topological polar surface area (TPSA) is 84.9 Å². The highest BCUT2D eigenvalue weighted by molar-refractivity contribution is 7.89. The van der Waals surface area contributed by atoms with Crippen LogP contribution in [-0.2, 0) is 21.3 Å². The third-order valence-corrected chi connectivity index (χ3v) is 6.80. The number of carbonyl (C=O) groups is 1. The van der Waals surface area contributed by atoms with E-state index in [1.54, 1.807) is 19.1 Å². The van der Waals surface area contributed by atoms with Crippen LogP contribution >= 0.6 is 0 Å². The van der Waals surface area contributed by atoms with Crippen LogP contribution < -0.4 is 10.1 Å². The maximum absolute atomic E-state index is 13.0. The summed E-state index contributed by atoms with van der Waals surface area (Å²) in [6.07, 6.45) is 0.0641. The van der Waals surface area contributed by atoms with E-state index < -0.39 is 10.0 Å². The molecule has 0 aromatic heterocycles. The third-order valence-electron chi connectivity index (χ3n) is 4.76. The molecule has 0 aliphatic carbocycles. The van der Waals surface area contributed by atoms with Crippen molar-refractivity contribution >= 4 is 15.9 Å². The van der Waals surface area contributed by atoms with E-state index in [0.29, 0.717) is 44.0 Å². The Morgan fingerprint density at radius 3 is 2.60 bits per heavy atom. The minimum Gasteiger partial charge on any atom is -0.491 e. The maximum Gasteiger partial charge on any atom is 0.251 e. The first-order valence-corrected chi connectivity index (χ1v) is 11.4. The average molecular weight is 433 g/mol. The molecule has 1 saturated heterocycles. The highest BCUT2D eigenvalue weighted by atomic mass is 32.2. The van der Waals surface area contributed by atoms with Crippen LogP contribution in [0.1, 0.15) is 35.3 Å². The smallest absolute Gasteiger partial charge is 0.251 e. The molecule has 7 nitrogen and oxygen atoms in total. The van der Waals surface area contributed by atoms with Gasteiger partial charge in [-0.3, -0.25) is 4.79 Å². The minimum absolute atomic E-state index is 0.0641. The lowest BCUT2D eigenvalue weighted by Gasteiger charge is -2.26. The number of nitrogens with zero attached hydrogens (tertiary/aromatic N) is 1. The standard InChI is InChI=1S/C22H28N2O5S/c1-16(2)29-20-6-4-5-18(13-20)15-23-22(25)19-8-7-17(3)21(14-19)30(26,27)24-9-11-28-12-10-24/h4-8,13-14,16H,9-12,15H2,1-3H3,(H,23,25). The number of morpholine rings is 1. The molecular weight excluding hydrogens is 404 g/mol. The van der Waals surface area contributed by atoms with Crippen LogP contribution in [0.15, 0.2) is 47.4 Å². The number of hydrogen-bond acceptors (Lipinski definition) is 5. The Morgan fingerprint density at radius 1 is 1.17 bits per heavy atom. The Labute approximate surface area is 178 Å². The van der Waals surface area contributed by atoms with Gasteiger partial charge in [-0.05, 0) is 56.2 Å². The summed E-state index contributed by atoms with van der Waals surface area (Å²) >= 11 is 0. The number of amides is 1. The Bertz CT molecular complexity index is 998. The molecule has 30 heavy (non-hydrogen) atoms. The van der Waals surface area contributed by atoms with Crippen molar-refractivity contribution in [2.24, 2.45) is 0 Å². The summed E-state index contributed by atoms with van der Waals surface area (Å²) in [6, 6.07) is 12.3. The van der Waals surface area contributed by atoms with Crippen LogP contribution in [0.5, 0.6) is 5.75 Å². The van der Waals surface area contributed by atoms with Gasteiger partial charge in [-0.15, -0.1) is 0 Å². The summed E-state index contributed by atoms with van der Waals surface area (Å²) in [5.74, 6) is 0.412. The van der Waals surface area contributed by atoms with E-state index in [2.05, 4.69) is 5.32 Å². The van der Waals surface area contributed by atoms with Gasteiger partial charge in [0.25, 0.3) is 5.91 Å². The maximum atomic E-state index is 13.0. The molecule has 1 aliphatic rings. The van der Waals surface area contributed by atoms with Crippen molar-refractivity contribution in [3.8, 4) is 5.75 Å². The summed E-state index contributed by atoms with van der Waals surface area (Å²) in [7, 11) is -3.68. The number of rotatable bonds is 7. The molecule has 1 aliphatic heterocycles. The van der Waals surface area contributed by atoms with E-state index >= 15 is 0 Å². The second-order valence-electron chi connectivity index (χ2n) is 7.49. The molecule has 162 valence electrons. The second-order valence-corrected chi connectivity index (χ2v) is 9.40. The number of ether oxygens (including phenoxy) is 2. The summed E-state index contributed by atoms with van der Waals surface area (Å²) in [6.45, 7) is 7.32. The van der Waals surface area contributed by atoms with Crippen LogP contribution in [0.3, 0.4) is 0 Å². The quantitative estimate of drug-likeness (QED) is 0.727. The van der Waals surface area contributed by atoms with Gasteiger partial charge in [0.15, 0.2) is 0 Å². The van der Waals surface area contributed by atoms with Crippen LogP contribution in [0.25, 0.3) is 0 Å². The lowest BCUT2D eigenvalue weighted by atomic mass is 10.1. The predicted octanol–water partition coefficient (Wildman–Crippen LogP) is 2.73. The number of nitrogens with one attached hydrogen (secondary N) is 1. The summed E-state index contributed by atoms with van der Waals surface area (Å²) in [5.41, 5.74) is 1.81. The van der Waals surface area contributed by atoms with E-state index in [1.165, 1.54) is 10.4 Å². The summed E-state index contributed by atoms with van der Waals surface area (Å²) < 4.78 is 38.4. The van der Waals surface area contributed by atoms with E-state index in [0.717, 1.165) is 11.3 Å². The highest BCUT2D eigenvalue weighted by Gasteiger charge is 2.28. The normalized spacial score (nSPS) is 15.2. The molecular formula is C22H28N2O5S. The molecule has 1 heterocycles. The van der Waals surface area contributed by atoms with Gasteiger partial charge in [0, 0.05) is 25.2 Å². The van der Waals surface area contributed by atoms with E-state index in [-0.39, 0.29) is 16.9 Å². The Kier molecular flexibility index (Phi) is 7.12. The number of aryl methyl sites for hydroxylation is 1. The van der Waals surface area contributed by atoms with Gasteiger partial charge in [0.1, 0.15) is 5.75 Å². The molecule has 1 amide bonds. The monoisotopic (exact) mass is 432 g/mol. The van der Waals surface area contributed by atoms with Gasteiger partial charge in [0.2, 0.25) is 10.0 Å². The summed E-state index contributed by atoms with van der Waals surface area (Å²) in [4.78, 5) is 12.8. The van der Waals surface area contributed by atoms with Crippen LogP contribution in [0.4, 0.5) is 0 Å². The van der Waals surface area contributed by atoms with Gasteiger partial charge in [-0.25, -0.2) is 8.42 Å². The number of sulfonamides is 1.